The van der Waals surface area contributed by atoms with Crippen LogP contribution in [-0.4, -0.2) is 30.0 Å². The highest BCUT2D eigenvalue weighted by atomic mass is 127. The van der Waals surface area contributed by atoms with Gasteiger partial charge >= 0.3 is 0 Å². The van der Waals surface area contributed by atoms with Crippen LogP contribution >= 0.6 is 22.6 Å². The summed E-state index contributed by atoms with van der Waals surface area (Å²) in [5.41, 5.74) is 0.969. The van der Waals surface area contributed by atoms with Crippen molar-refractivity contribution in [2.45, 2.75) is 26.9 Å². The molecule has 19 heavy (non-hydrogen) atoms. The van der Waals surface area contributed by atoms with E-state index in [1.54, 1.807) is 11.8 Å². The summed E-state index contributed by atoms with van der Waals surface area (Å²) in [6.07, 6.45) is -0.487. The first-order valence-corrected chi connectivity index (χ1v) is 7.37. The van der Waals surface area contributed by atoms with E-state index >= 15 is 0 Å². The molecule has 0 radical (unpaired) electrons. The molecule has 104 valence electrons. The Labute approximate surface area is 128 Å². The summed E-state index contributed by atoms with van der Waals surface area (Å²) < 4.78 is 6.81. The topological polar surface area (TPSA) is 29.5 Å². The number of amides is 1. The smallest absolute Gasteiger partial charge is 0.263 e. The average Bonchev–Trinajstić information content (AvgIpc) is 2.37. The number of carbonyl (C=O) groups excluding carboxylic acids is 1. The lowest BCUT2D eigenvalue weighted by Gasteiger charge is -2.25. The highest BCUT2D eigenvalue weighted by molar-refractivity contribution is 14.1. The molecule has 0 aromatic heterocycles. The first-order valence-electron chi connectivity index (χ1n) is 6.29. The van der Waals surface area contributed by atoms with Crippen LogP contribution in [0.15, 0.2) is 36.4 Å². The maximum atomic E-state index is 12.2. The van der Waals surface area contributed by atoms with Gasteiger partial charge in [-0.3, -0.25) is 4.79 Å². The Bertz CT molecular complexity index is 442. The highest BCUT2D eigenvalue weighted by Gasteiger charge is 2.20. The number of rotatable bonds is 6. The van der Waals surface area contributed by atoms with E-state index in [-0.39, 0.29) is 5.91 Å². The third kappa shape index (κ3) is 5.22. The average molecular weight is 373 g/mol. The van der Waals surface area contributed by atoms with Crippen molar-refractivity contribution < 1.29 is 9.53 Å². The number of carbonyl (C=O) groups is 1. The van der Waals surface area contributed by atoms with Gasteiger partial charge in [0.05, 0.1) is 0 Å². The summed E-state index contributed by atoms with van der Waals surface area (Å²) >= 11 is 2.23. The number of hydrogen-bond acceptors (Lipinski definition) is 2. The first-order chi connectivity index (χ1) is 8.93. The Morgan fingerprint density at radius 3 is 2.47 bits per heavy atom. The van der Waals surface area contributed by atoms with Gasteiger partial charge in [0.2, 0.25) is 0 Å². The number of likely N-dealkylation sites (N-methyl/N-ethyl adjacent to an activating group) is 1. The molecule has 1 aromatic rings. The summed E-state index contributed by atoms with van der Waals surface area (Å²) in [6, 6.07) is 7.66. The van der Waals surface area contributed by atoms with Gasteiger partial charge in [0.25, 0.3) is 5.91 Å². The second-order valence-corrected chi connectivity index (χ2v) is 5.77. The van der Waals surface area contributed by atoms with Crippen molar-refractivity contribution in [2.75, 3.05) is 13.1 Å². The van der Waals surface area contributed by atoms with E-state index in [4.69, 9.17) is 4.74 Å². The fourth-order valence-corrected chi connectivity index (χ4v) is 2.06. The maximum absolute atomic E-state index is 12.2. The van der Waals surface area contributed by atoms with Crippen molar-refractivity contribution in [1.29, 1.82) is 0 Å². The molecule has 0 saturated heterocycles. The molecule has 0 saturated carbocycles. The Balaban J connectivity index is 2.65. The van der Waals surface area contributed by atoms with Crippen molar-refractivity contribution >= 4 is 28.5 Å². The summed E-state index contributed by atoms with van der Waals surface area (Å²) in [7, 11) is 0. The summed E-state index contributed by atoms with van der Waals surface area (Å²) in [5.74, 6) is 0.705. The lowest BCUT2D eigenvalue weighted by atomic mass is 10.2. The lowest BCUT2D eigenvalue weighted by molar-refractivity contribution is -0.137. The molecule has 0 aliphatic heterocycles. The molecule has 0 heterocycles. The minimum absolute atomic E-state index is 0.0101. The first kappa shape index (κ1) is 16.0. The number of halogens is 1. The van der Waals surface area contributed by atoms with E-state index in [0.29, 0.717) is 18.8 Å². The maximum Gasteiger partial charge on any atom is 0.263 e. The predicted molar refractivity (Wildman–Crippen MR) is 86.3 cm³/mol. The molecule has 1 atom stereocenters. The molecule has 0 aliphatic carbocycles. The van der Waals surface area contributed by atoms with Crippen molar-refractivity contribution in [2.24, 2.45) is 0 Å². The molecular weight excluding hydrogens is 353 g/mol. The second-order valence-electron chi connectivity index (χ2n) is 4.52. The quantitative estimate of drug-likeness (QED) is 0.565. The SMILES string of the molecule is C=C(C)CN(CC)C(=O)C(C)Oc1ccc(I)cc1. The molecule has 0 fully saturated rings. The largest absolute Gasteiger partial charge is 0.481 e. The van der Waals surface area contributed by atoms with Gasteiger partial charge in [0, 0.05) is 16.7 Å². The highest BCUT2D eigenvalue weighted by Crippen LogP contribution is 2.16. The second kappa shape index (κ2) is 7.53. The van der Waals surface area contributed by atoms with Crippen molar-refractivity contribution in [3.05, 3.63) is 40.0 Å². The normalized spacial score (nSPS) is 11.8. The van der Waals surface area contributed by atoms with Crippen molar-refractivity contribution in [1.82, 2.24) is 4.90 Å². The number of benzene rings is 1. The van der Waals surface area contributed by atoms with E-state index in [0.717, 1.165) is 9.14 Å². The Kier molecular flexibility index (Phi) is 6.34. The number of hydrogen-bond donors (Lipinski definition) is 0. The monoisotopic (exact) mass is 373 g/mol. The summed E-state index contributed by atoms with van der Waals surface area (Å²) in [6.45, 7) is 10.7. The van der Waals surface area contributed by atoms with Crippen LogP contribution in [0.2, 0.25) is 0 Å². The van der Waals surface area contributed by atoms with Gasteiger partial charge in [0.1, 0.15) is 5.75 Å². The van der Waals surface area contributed by atoms with Gasteiger partial charge in [-0.25, -0.2) is 0 Å². The molecule has 1 amide bonds. The van der Waals surface area contributed by atoms with Crippen LogP contribution in [0.5, 0.6) is 5.75 Å². The summed E-state index contributed by atoms with van der Waals surface area (Å²) in [4.78, 5) is 14.0. The standard InChI is InChI=1S/C15H20INO2/c1-5-17(10-11(2)3)15(18)12(4)19-14-8-6-13(16)7-9-14/h6-9,12H,2,5,10H2,1,3-4H3. The van der Waals surface area contributed by atoms with Gasteiger partial charge in [-0.05, 0) is 67.6 Å². The fourth-order valence-electron chi connectivity index (χ4n) is 1.70. The lowest BCUT2D eigenvalue weighted by Crippen LogP contribution is -2.41. The Hall–Kier alpha value is -1.04. The van der Waals surface area contributed by atoms with Crippen LogP contribution in [0, 0.1) is 3.57 Å². The molecule has 1 aromatic carbocycles. The minimum atomic E-state index is -0.487. The molecule has 1 unspecified atom stereocenters. The van der Waals surface area contributed by atoms with Gasteiger partial charge in [-0.1, -0.05) is 12.2 Å². The van der Waals surface area contributed by atoms with Crippen molar-refractivity contribution in [3.63, 3.8) is 0 Å². The van der Waals surface area contributed by atoms with Gasteiger partial charge in [-0.2, -0.15) is 0 Å². The van der Waals surface area contributed by atoms with E-state index in [2.05, 4.69) is 29.2 Å². The van der Waals surface area contributed by atoms with E-state index in [9.17, 15) is 4.79 Å². The zero-order valence-corrected chi connectivity index (χ0v) is 13.8. The number of nitrogens with zero attached hydrogens (tertiary/aromatic N) is 1. The molecule has 0 bridgehead atoms. The molecule has 0 spiro atoms. The zero-order chi connectivity index (χ0) is 14.4. The predicted octanol–water partition coefficient (Wildman–Crippen LogP) is 3.48. The molecule has 0 aliphatic rings. The van der Waals surface area contributed by atoms with Crippen LogP contribution in [-0.2, 0) is 4.79 Å². The number of ether oxygens (including phenoxy) is 1. The molecule has 0 N–H and O–H groups in total. The minimum Gasteiger partial charge on any atom is -0.481 e. The zero-order valence-electron chi connectivity index (χ0n) is 11.6. The van der Waals surface area contributed by atoms with Crippen LogP contribution in [0.4, 0.5) is 0 Å². The molecule has 3 nitrogen and oxygen atoms in total. The van der Waals surface area contributed by atoms with E-state index in [1.165, 1.54) is 0 Å². The van der Waals surface area contributed by atoms with Crippen molar-refractivity contribution in [3.8, 4) is 5.75 Å². The summed E-state index contributed by atoms with van der Waals surface area (Å²) in [5, 5.41) is 0. The fraction of sp³-hybridized carbons (Fsp3) is 0.400. The van der Waals surface area contributed by atoms with Crippen LogP contribution in [0.1, 0.15) is 20.8 Å². The Morgan fingerprint density at radius 2 is 2.00 bits per heavy atom. The van der Waals surface area contributed by atoms with E-state index in [1.807, 2.05) is 38.1 Å². The van der Waals surface area contributed by atoms with Gasteiger partial charge in [0.15, 0.2) is 6.10 Å². The van der Waals surface area contributed by atoms with E-state index < -0.39 is 6.10 Å². The van der Waals surface area contributed by atoms with Crippen LogP contribution < -0.4 is 4.74 Å². The van der Waals surface area contributed by atoms with Gasteiger partial charge in [-0.15, -0.1) is 0 Å². The third-order valence-electron chi connectivity index (χ3n) is 2.63. The molecule has 1 rings (SSSR count). The molecule has 4 heteroatoms. The van der Waals surface area contributed by atoms with Crippen LogP contribution in [0.25, 0.3) is 0 Å². The third-order valence-corrected chi connectivity index (χ3v) is 3.35. The van der Waals surface area contributed by atoms with Crippen LogP contribution in [0.3, 0.4) is 0 Å². The van der Waals surface area contributed by atoms with Gasteiger partial charge < -0.3 is 9.64 Å². The molecular formula is C15H20INO2. The Morgan fingerprint density at radius 1 is 1.42 bits per heavy atom.